The second-order valence-corrected chi connectivity index (χ2v) is 12.6. The first-order valence-corrected chi connectivity index (χ1v) is 15.6. The molecule has 6 rings (SSSR count). The van der Waals surface area contributed by atoms with Crippen molar-refractivity contribution in [1.29, 1.82) is 0 Å². The number of hydrogen-bond acceptors (Lipinski definition) is 9. The third-order valence-corrected chi connectivity index (χ3v) is 9.67. The van der Waals surface area contributed by atoms with E-state index >= 15 is 0 Å². The van der Waals surface area contributed by atoms with Crippen LogP contribution in [0.4, 0.5) is 4.39 Å². The van der Waals surface area contributed by atoms with E-state index < -0.39 is 28.7 Å². The van der Waals surface area contributed by atoms with Crippen LogP contribution in [0.25, 0.3) is 15.2 Å². The van der Waals surface area contributed by atoms with Gasteiger partial charge in [0.05, 0.1) is 37.5 Å². The van der Waals surface area contributed by atoms with E-state index in [4.69, 9.17) is 14.2 Å². The molecule has 5 heterocycles. The molecular formula is C31H35FN6O6S. The highest BCUT2D eigenvalue weighted by atomic mass is 32.1. The first-order valence-electron chi connectivity index (χ1n) is 14.8. The van der Waals surface area contributed by atoms with Gasteiger partial charge in [0.25, 0.3) is 5.56 Å². The van der Waals surface area contributed by atoms with Crippen LogP contribution in [0.2, 0.25) is 0 Å². The Balaban J connectivity index is 1.57. The molecule has 1 amide bonds. The molecule has 45 heavy (non-hydrogen) atoms. The van der Waals surface area contributed by atoms with Crippen LogP contribution >= 0.6 is 11.3 Å². The number of aromatic nitrogens is 5. The molecule has 1 atom stereocenters. The van der Waals surface area contributed by atoms with Crippen LogP contribution in [-0.4, -0.2) is 74.5 Å². The maximum atomic E-state index is 14.7. The SMILES string of the molecule is COc1ccc(F)cc1[C@H](Cn1c(=O)n(C(C)(C)C(=O)N2CC=CC2)c(=O)c2c(C)c(-n3nccn3)sc21)OC1CCOCC1. The Hall–Kier alpha value is -4.14. The van der Waals surface area contributed by atoms with E-state index in [0.717, 1.165) is 4.57 Å². The van der Waals surface area contributed by atoms with Gasteiger partial charge in [-0.05, 0) is 51.8 Å². The Bertz CT molecular complexity index is 1860. The maximum absolute atomic E-state index is 14.7. The van der Waals surface area contributed by atoms with Crippen LogP contribution in [-0.2, 0) is 26.4 Å². The predicted octanol–water partition coefficient (Wildman–Crippen LogP) is 3.33. The van der Waals surface area contributed by atoms with Crippen LogP contribution in [0.1, 0.15) is 43.9 Å². The first-order chi connectivity index (χ1) is 21.6. The van der Waals surface area contributed by atoms with Crippen LogP contribution < -0.4 is 16.0 Å². The lowest BCUT2D eigenvalue weighted by atomic mass is 10.0. The van der Waals surface area contributed by atoms with Gasteiger partial charge in [-0.2, -0.15) is 10.2 Å². The van der Waals surface area contributed by atoms with Crippen LogP contribution in [0.3, 0.4) is 0 Å². The smallest absolute Gasteiger partial charge is 0.333 e. The number of methoxy groups -OCH3 is 1. The molecule has 0 unspecified atom stereocenters. The average Bonchev–Trinajstić information content (AvgIpc) is 3.81. The number of halogens is 1. The Morgan fingerprint density at radius 2 is 1.84 bits per heavy atom. The highest BCUT2D eigenvalue weighted by Gasteiger charge is 2.39. The molecule has 0 saturated carbocycles. The lowest BCUT2D eigenvalue weighted by Gasteiger charge is -2.32. The topological polar surface area (TPSA) is 123 Å². The van der Waals surface area contributed by atoms with E-state index in [9.17, 15) is 18.8 Å². The van der Waals surface area contributed by atoms with Gasteiger partial charge in [0.1, 0.15) is 33.0 Å². The largest absolute Gasteiger partial charge is 0.496 e. The number of carbonyl (C=O) groups is 1. The number of aryl methyl sites for hydroxylation is 1. The van der Waals surface area contributed by atoms with Gasteiger partial charge in [-0.15, -0.1) is 4.80 Å². The van der Waals surface area contributed by atoms with Crippen molar-refractivity contribution in [3.05, 3.63) is 80.5 Å². The molecule has 0 spiro atoms. The molecular weight excluding hydrogens is 603 g/mol. The summed E-state index contributed by atoms with van der Waals surface area (Å²) in [5.41, 5.74) is -1.82. The number of benzene rings is 1. The summed E-state index contributed by atoms with van der Waals surface area (Å²) < 4.78 is 34.9. The molecule has 3 aromatic heterocycles. The fraction of sp³-hybridized carbons (Fsp3) is 0.452. The Labute approximate surface area is 262 Å². The van der Waals surface area contributed by atoms with Gasteiger partial charge in [0, 0.05) is 37.4 Å². The molecule has 14 heteroatoms. The Morgan fingerprint density at radius 1 is 1.16 bits per heavy atom. The zero-order valence-electron chi connectivity index (χ0n) is 25.6. The third kappa shape index (κ3) is 5.62. The summed E-state index contributed by atoms with van der Waals surface area (Å²) in [5, 5.41) is 9.32. The lowest BCUT2D eigenvalue weighted by molar-refractivity contribution is -0.138. The van der Waals surface area contributed by atoms with E-state index in [0.29, 0.717) is 65.9 Å². The monoisotopic (exact) mass is 638 g/mol. The molecule has 0 aliphatic carbocycles. The van der Waals surface area contributed by atoms with Crippen molar-refractivity contribution in [2.24, 2.45) is 0 Å². The quantitative estimate of drug-likeness (QED) is 0.256. The van der Waals surface area contributed by atoms with Crippen molar-refractivity contribution in [2.75, 3.05) is 33.4 Å². The van der Waals surface area contributed by atoms with E-state index in [1.54, 1.807) is 25.7 Å². The molecule has 0 radical (unpaired) electrons. The highest BCUT2D eigenvalue weighted by molar-refractivity contribution is 7.21. The van der Waals surface area contributed by atoms with Crippen molar-refractivity contribution < 1.29 is 23.4 Å². The van der Waals surface area contributed by atoms with Crippen LogP contribution in [0.15, 0.2) is 52.3 Å². The number of carbonyl (C=O) groups excluding carboxylic acids is 1. The summed E-state index contributed by atoms with van der Waals surface area (Å²) in [5.74, 6) is -0.452. The number of fused-ring (bicyclic) bond motifs is 1. The second kappa shape index (κ2) is 12.3. The summed E-state index contributed by atoms with van der Waals surface area (Å²) in [6.07, 6.45) is 6.96. The zero-order valence-corrected chi connectivity index (χ0v) is 26.4. The van der Waals surface area contributed by atoms with E-state index in [2.05, 4.69) is 10.2 Å². The fourth-order valence-electron chi connectivity index (χ4n) is 6.01. The molecule has 0 bridgehead atoms. The fourth-order valence-corrected chi connectivity index (χ4v) is 7.23. The third-order valence-electron chi connectivity index (χ3n) is 8.39. The van der Waals surface area contributed by atoms with Gasteiger partial charge in [-0.1, -0.05) is 23.5 Å². The van der Waals surface area contributed by atoms with Crippen molar-refractivity contribution in [3.63, 3.8) is 0 Å². The van der Waals surface area contributed by atoms with Gasteiger partial charge in [-0.25, -0.2) is 13.8 Å². The normalized spacial score (nSPS) is 16.5. The highest BCUT2D eigenvalue weighted by Crippen LogP contribution is 2.35. The number of rotatable bonds is 9. The summed E-state index contributed by atoms with van der Waals surface area (Å²) >= 11 is 1.19. The minimum atomic E-state index is -1.53. The lowest BCUT2D eigenvalue weighted by Crippen LogP contribution is -2.56. The van der Waals surface area contributed by atoms with Gasteiger partial charge >= 0.3 is 5.69 Å². The molecule has 2 aliphatic rings. The number of amides is 1. The second-order valence-electron chi connectivity index (χ2n) is 11.6. The Morgan fingerprint density at radius 3 is 2.51 bits per heavy atom. The standard InChI is InChI=1S/C31H35FN6O6S/c1-19-25-26(39)37(31(2,3)29(40)35-13-5-6-14-35)30(41)36(28(25)45-27(19)38-33-11-12-34-38)18-24(44-21-9-15-43-16-10-21)22-17-20(32)7-8-23(22)42-4/h5-8,11-12,17,21,24H,9-10,13-16,18H2,1-4H3/t24-/m0/s1. The van der Waals surface area contributed by atoms with E-state index in [1.807, 2.05) is 12.2 Å². The molecule has 1 aromatic carbocycles. The van der Waals surface area contributed by atoms with Crippen molar-refractivity contribution in [1.82, 2.24) is 29.0 Å². The summed E-state index contributed by atoms with van der Waals surface area (Å²) in [4.78, 5) is 46.0. The minimum absolute atomic E-state index is 0.0890. The van der Waals surface area contributed by atoms with Crippen molar-refractivity contribution in [2.45, 2.75) is 57.9 Å². The van der Waals surface area contributed by atoms with E-state index in [-0.39, 0.29) is 23.9 Å². The molecule has 238 valence electrons. The van der Waals surface area contributed by atoms with Crippen molar-refractivity contribution >= 4 is 27.5 Å². The molecule has 1 fully saturated rings. The number of ether oxygens (including phenoxy) is 3. The predicted molar refractivity (Wildman–Crippen MR) is 166 cm³/mol. The zero-order chi connectivity index (χ0) is 31.9. The molecule has 0 N–H and O–H groups in total. The van der Waals surface area contributed by atoms with Crippen molar-refractivity contribution in [3.8, 4) is 10.8 Å². The Kier molecular flexibility index (Phi) is 8.46. The van der Waals surface area contributed by atoms with Gasteiger partial charge in [0.2, 0.25) is 5.91 Å². The summed E-state index contributed by atoms with van der Waals surface area (Å²) in [7, 11) is 1.49. The number of nitrogens with zero attached hydrogens (tertiary/aromatic N) is 6. The van der Waals surface area contributed by atoms with Gasteiger partial charge < -0.3 is 19.1 Å². The van der Waals surface area contributed by atoms with E-state index in [1.165, 1.54) is 58.4 Å². The molecule has 1 saturated heterocycles. The van der Waals surface area contributed by atoms with Gasteiger partial charge in [0.15, 0.2) is 0 Å². The van der Waals surface area contributed by atoms with Crippen LogP contribution in [0, 0.1) is 12.7 Å². The summed E-state index contributed by atoms with van der Waals surface area (Å²) in [6.45, 7) is 6.64. The molecule has 4 aromatic rings. The molecule has 12 nitrogen and oxygen atoms in total. The van der Waals surface area contributed by atoms with Crippen LogP contribution in [0.5, 0.6) is 5.75 Å². The first kappa shape index (κ1) is 30.9. The average molecular weight is 639 g/mol. The number of hydrogen-bond donors (Lipinski definition) is 0. The minimum Gasteiger partial charge on any atom is -0.496 e. The van der Waals surface area contributed by atoms with Gasteiger partial charge in [-0.3, -0.25) is 14.2 Å². The maximum Gasteiger partial charge on any atom is 0.333 e. The summed E-state index contributed by atoms with van der Waals surface area (Å²) in [6, 6.07) is 4.16. The molecule has 2 aliphatic heterocycles. The number of thiophene rings is 1.